The number of nitrogens with two attached hydrogens (primary N) is 1. The van der Waals surface area contributed by atoms with Gasteiger partial charge in [-0.2, -0.15) is 0 Å². The molecule has 1 heterocycles. The molecule has 1 rings (SSSR count). The summed E-state index contributed by atoms with van der Waals surface area (Å²) in [7, 11) is 0. The second kappa shape index (κ2) is 2.45. The number of hydrogen-bond donors (Lipinski definition) is 2. The first-order chi connectivity index (χ1) is 5.36. The molecule has 0 aliphatic carbocycles. The van der Waals surface area contributed by atoms with Crippen LogP contribution in [0, 0.1) is 5.92 Å². The second-order valence-corrected chi connectivity index (χ2v) is 3.35. The molecule has 0 saturated carbocycles. The van der Waals surface area contributed by atoms with Gasteiger partial charge in [0.05, 0.1) is 0 Å². The quantitative estimate of drug-likeness (QED) is 0.486. The van der Waals surface area contributed by atoms with Crippen molar-refractivity contribution in [3.05, 3.63) is 0 Å². The van der Waals surface area contributed by atoms with Crippen LogP contribution in [0.2, 0.25) is 0 Å². The monoisotopic (exact) mass is 173 g/mol. The molecule has 1 saturated heterocycles. The average molecular weight is 173 g/mol. The lowest BCUT2D eigenvalue weighted by Crippen LogP contribution is -2.42. The van der Waals surface area contributed by atoms with Crippen LogP contribution < -0.4 is 5.73 Å². The van der Waals surface area contributed by atoms with Gasteiger partial charge in [0, 0.05) is 0 Å². The minimum atomic E-state index is -1.42. The Morgan fingerprint density at radius 1 is 1.67 bits per heavy atom. The van der Waals surface area contributed by atoms with E-state index in [0.29, 0.717) is 0 Å². The van der Waals surface area contributed by atoms with Crippen molar-refractivity contribution in [1.82, 2.24) is 0 Å². The standard InChI is InChI=1S/C7H11NO4/c1-7(2)3(5(8)10)4(9)6(11)12-7/h3-4,9H,1-2H3,(H2,8,10)/t3-,4-/m1/s1. The Balaban J connectivity index is 2.96. The molecule has 5 nitrogen and oxygen atoms in total. The predicted molar refractivity (Wildman–Crippen MR) is 38.9 cm³/mol. The summed E-state index contributed by atoms with van der Waals surface area (Å²) in [4.78, 5) is 21.6. The van der Waals surface area contributed by atoms with Crippen molar-refractivity contribution in [3.63, 3.8) is 0 Å². The van der Waals surface area contributed by atoms with Gasteiger partial charge in [-0.25, -0.2) is 4.79 Å². The molecule has 1 aliphatic rings. The molecule has 5 heteroatoms. The Hall–Kier alpha value is -1.10. The molecule has 0 aromatic rings. The van der Waals surface area contributed by atoms with Crippen molar-refractivity contribution in [2.24, 2.45) is 11.7 Å². The molecule has 0 spiro atoms. The zero-order valence-electron chi connectivity index (χ0n) is 6.90. The third kappa shape index (κ3) is 1.16. The van der Waals surface area contributed by atoms with Gasteiger partial charge in [-0.1, -0.05) is 0 Å². The first-order valence-electron chi connectivity index (χ1n) is 3.56. The molecule has 0 bridgehead atoms. The smallest absolute Gasteiger partial charge is 0.336 e. The lowest BCUT2D eigenvalue weighted by Gasteiger charge is -2.22. The van der Waals surface area contributed by atoms with E-state index in [1.807, 2.05) is 0 Å². The van der Waals surface area contributed by atoms with Crippen LogP contribution >= 0.6 is 0 Å². The van der Waals surface area contributed by atoms with Gasteiger partial charge in [0.1, 0.15) is 11.5 Å². The third-order valence-corrected chi connectivity index (χ3v) is 1.98. The van der Waals surface area contributed by atoms with Crippen molar-refractivity contribution in [2.45, 2.75) is 25.6 Å². The first-order valence-corrected chi connectivity index (χ1v) is 3.56. The molecule has 68 valence electrons. The summed E-state index contributed by atoms with van der Waals surface area (Å²) >= 11 is 0. The lowest BCUT2D eigenvalue weighted by molar-refractivity contribution is -0.151. The van der Waals surface area contributed by atoms with E-state index in [-0.39, 0.29) is 0 Å². The zero-order valence-corrected chi connectivity index (χ0v) is 6.90. The Bertz CT molecular complexity index is 236. The Morgan fingerprint density at radius 3 is 2.33 bits per heavy atom. The van der Waals surface area contributed by atoms with Crippen molar-refractivity contribution in [3.8, 4) is 0 Å². The lowest BCUT2D eigenvalue weighted by atomic mass is 9.88. The fourth-order valence-corrected chi connectivity index (χ4v) is 1.40. The van der Waals surface area contributed by atoms with Crippen molar-refractivity contribution in [2.75, 3.05) is 0 Å². The number of carbonyl (C=O) groups is 2. The number of rotatable bonds is 1. The summed E-state index contributed by atoms with van der Waals surface area (Å²) in [5, 5.41) is 9.19. The van der Waals surface area contributed by atoms with Crippen LogP contribution in [0.1, 0.15) is 13.8 Å². The van der Waals surface area contributed by atoms with Crippen molar-refractivity contribution >= 4 is 11.9 Å². The maximum atomic E-state index is 10.8. The summed E-state index contributed by atoms with van der Waals surface area (Å²) in [5.41, 5.74) is 4.00. The van der Waals surface area contributed by atoms with Crippen molar-refractivity contribution < 1.29 is 19.4 Å². The van der Waals surface area contributed by atoms with Gasteiger partial charge in [0.25, 0.3) is 0 Å². The van der Waals surface area contributed by atoms with E-state index in [9.17, 15) is 14.7 Å². The topological polar surface area (TPSA) is 89.6 Å². The van der Waals surface area contributed by atoms with Crippen LogP contribution in [0.25, 0.3) is 0 Å². The van der Waals surface area contributed by atoms with E-state index < -0.39 is 29.5 Å². The van der Waals surface area contributed by atoms with Crippen molar-refractivity contribution in [1.29, 1.82) is 0 Å². The van der Waals surface area contributed by atoms with Crippen LogP contribution in [-0.2, 0) is 14.3 Å². The molecular weight excluding hydrogens is 162 g/mol. The minimum Gasteiger partial charge on any atom is -0.457 e. The number of cyclic esters (lactones) is 1. The number of primary amides is 1. The summed E-state index contributed by atoms with van der Waals surface area (Å²) in [6.45, 7) is 3.08. The summed E-state index contributed by atoms with van der Waals surface area (Å²) < 4.78 is 4.75. The molecule has 1 amide bonds. The average Bonchev–Trinajstić information content (AvgIpc) is 2.01. The summed E-state index contributed by atoms with van der Waals surface area (Å²) in [6.07, 6.45) is -1.42. The molecule has 3 N–H and O–H groups in total. The highest BCUT2D eigenvalue weighted by Gasteiger charge is 2.52. The molecule has 12 heavy (non-hydrogen) atoms. The first kappa shape index (κ1) is 8.99. The Kier molecular flexibility index (Phi) is 1.83. The third-order valence-electron chi connectivity index (χ3n) is 1.98. The molecule has 0 aromatic carbocycles. The largest absolute Gasteiger partial charge is 0.457 e. The van der Waals surface area contributed by atoms with Crippen LogP contribution in [-0.4, -0.2) is 28.7 Å². The van der Waals surface area contributed by atoms with Crippen LogP contribution in [0.15, 0.2) is 0 Å². The van der Waals surface area contributed by atoms with E-state index in [0.717, 1.165) is 0 Å². The van der Waals surface area contributed by atoms with E-state index in [1.165, 1.54) is 13.8 Å². The van der Waals surface area contributed by atoms with Gasteiger partial charge < -0.3 is 15.6 Å². The Morgan fingerprint density at radius 2 is 2.17 bits per heavy atom. The highest BCUT2D eigenvalue weighted by atomic mass is 16.6. The Labute approximate surface area is 69.5 Å². The van der Waals surface area contributed by atoms with Gasteiger partial charge in [-0.15, -0.1) is 0 Å². The van der Waals surface area contributed by atoms with E-state index in [4.69, 9.17) is 10.5 Å². The number of ether oxygens (including phenoxy) is 1. The van der Waals surface area contributed by atoms with E-state index in [2.05, 4.69) is 0 Å². The number of carbonyl (C=O) groups excluding carboxylic acids is 2. The normalized spacial score (nSPS) is 33.1. The number of esters is 1. The molecule has 0 aromatic heterocycles. The molecule has 1 fully saturated rings. The van der Waals surface area contributed by atoms with Crippen LogP contribution in [0.3, 0.4) is 0 Å². The van der Waals surface area contributed by atoms with E-state index in [1.54, 1.807) is 0 Å². The number of aliphatic hydroxyl groups excluding tert-OH is 1. The minimum absolute atomic E-state index is 0.724. The highest BCUT2D eigenvalue weighted by molar-refractivity contribution is 5.89. The van der Waals surface area contributed by atoms with Gasteiger partial charge in [0.15, 0.2) is 6.10 Å². The van der Waals surface area contributed by atoms with Crippen LogP contribution in [0.5, 0.6) is 0 Å². The number of aliphatic hydroxyl groups is 1. The van der Waals surface area contributed by atoms with Gasteiger partial charge in [-0.05, 0) is 13.8 Å². The SMILES string of the molecule is CC1(C)OC(=O)[C@H](O)[C@@H]1C(N)=O. The maximum absolute atomic E-state index is 10.8. The summed E-state index contributed by atoms with van der Waals surface area (Å²) in [6, 6.07) is 0. The van der Waals surface area contributed by atoms with Gasteiger partial charge in [-0.3, -0.25) is 4.79 Å². The zero-order chi connectivity index (χ0) is 9.52. The molecule has 0 radical (unpaired) electrons. The predicted octanol–water partition coefficient (Wildman–Crippen LogP) is -1.22. The second-order valence-electron chi connectivity index (χ2n) is 3.35. The van der Waals surface area contributed by atoms with Gasteiger partial charge >= 0.3 is 5.97 Å². The molecular formula is C7H11NO4. The fourth-order valence-electron chi connectivity index (χ4n) is 1.40. The molecule has 2 atom stereocenters. The maximum Gasteiger partial charge on any atom is 0.336 e. The van der Waals surface area contributed by atoms with Crippen LogP contribution in [0.4, 0.5) is 0 Å². The highest BCUT2D eigenvalue weighted by Crippen LogP contribution is 2.32. The molecule has 0 unspecified atom stereocenters. The number of amides is 1. The van der Waals surface area contributed by atoms with E-state index >= 15 is 0 Å². The fraction of sp³-hybridized carbons (Fsp3) is 0.714. The number of hydrogen-bond acceptors (Lipinski definition) is 4. The summed E-state index contributed by atoms with van der Waals surface area (Å²) in [5.74, 6) is -2.47. The van der Waals surface area contributed by atoms with Gasteiger partial charge in [0.2, 0.25) is 5.91 Å². The molecule has 1 aliphatic heterocycles.